The SMILES string of the molecule is c1ccc(COC2C3OC4OC2C(OCc2ccccc2)[C@@H](O4)C3OCCCCCCC2C3OC4OC(C3OCc3ccccc3)C(OCc3ccccc3)[C@H]2O4)cc1. The first-order chi connectivity index (χ1) is 29.2. The van der Waals surface area contributed by atoms with Gasteiger partial charge in [0.15, 0.2) is 0 Å². The Labute approximate surface area is 346 Å². The van der Waals surface area contributed by atoms with Crippen molar-refractivity contribution in [3.05, 3.63) is 144 Å². The standard InChI is InChI=1S/C48H54O11/c1(15-25-35-36-38(50-27-31-17-7-3-8-18-31)43-39(37(35)55-47(54-36)56-43)51-28-32-19-9-4-10-20-32)2-16-26-49-40-44-41(52-29-33-21-11-5-12-22-33)46-42(45(40)58-48(57-44)59-46)53-30-34-23-13-6-14-24-34/h3-14,17-24,35-48H,1-2,15-16,25-30H2/t35?,36-,37?,38?,39?,40?,41?,42?,43?,44-,45?,46?,47?,48?/m0/s1. The molecule has 14 atom stereocenters. The molecule has 0 aromatic heterocycles. The number of ether oxygens (including phenoxy) is 11. The van der Waals surface area contributed by atoms with Crippen LogP contribution in [0.25, 0.3) is 0 Å². The van der Waals surface area contributed by atoms with E-state index in [2.05, 4.69) is 48.5 Å². The van der Waals surface area contributed by atoms with E-state index < -0.39 is 13.0 Å². The quantitative estimate of drug-likeness (QED) is 0.0846. The summed E-state index contributed by atoms with van der Waals surface area (Å²) >= 11 is 0. The maximum absolute atomic E-state index is 6.66. The molecule has 4 aromatic carbocycles. The second kappa shape index (κ2) is 18.6. The molecule has 12 rings (SSSR count). The fraction of sp³-hybridized carbons (Fsp3) is 0.500. The maximum Gasteiger partial charge on any atom is 0.272 e. The van der Waals surface area contributed by atoms with Crippen molar-refractivity contribution >= 4 is 0 Å². The van der Waals surface area contributed by atoms with Crippen molar-refractivity contribution in [1.82, 2.24) is 0 Å². The minimum Gasteiger partial charge on any atom is -0.373 e. The summed E-state index contributed by atoms with van der Waals surface area (Å²) in [6.07, 6.45) is 1.80. The minimum absolute atomic E-state index is 0.120. The molecule has 312 valence electrons. The molecule has 59 heavy (non-hydrogen) atoms. The molecule has 2 aliphatic carbocycles. The molecule has 6 saturated heterocycles. The summed E-state index contributed by atoms with van der Waals surface area (Å²) in [5, 5.41) is 0. The van der Waals surface area contributed by atoms with Gasteiger partial charge in [-0.25, -0.2) is 0 Å². The molecule has 8 bridgehead atoms. The third kappa shape index (κ3) is 8.80. The van der Waals surface area contributed by atoms with Gasteiger partial charge in [0, 0.05) is 12.5 Å². The molecule has 11 nitrogen and oxygen atoms in total. The van der Waals surface area contributed by atoms with Gasteiger partial charge in [0.25, 0.3) is 13.0 Å². The van der Waals surface area contributed by atoms with Gasteiger partial charge in [-0.3, -0.25) is 0 Å². The summed E-state index contributed by atoms with van der Waals surface area (Å²) in [6.45, 7) is 0.967. The summed E-state index contributed by atoms with van der Waals surface area (Å²) < 4.78 is 70.7. The number of unbranched alkanes of at least 4 members (excludes halogenated alkanes) is 3. The molecule has 2 saturated carbocycles. The van der Waals surface area contributed by atoms with Crippen molar-refractivity contribution in [3.63, 3.8) is 0 Å². The third-order valence-electron chi connectivity index (χ3n) is 12.6. The monoisotopic (exact) mass is 806 g/mol. The molecule has 0 amide bonds. The lowest BCUT2D eigenvalue weighted by molar-refractivity contribution is -0.489. The second-order valence-corrected chi connectivity index (χ2v) is 16.4. The Hall–Kier alpha value is -3.56. The zero-order valence-electron chi connectivity index (χ0n) is 33.2. The Morgan fingerprint density at radius 3 is 1.00 bits per heavy atom. The van der Waals surface area contributed by atoms with Gasteiger partial charge in [-0.1, -0.05) is 141 Å². The molecule has 11 heteroatoms. The zero-order valence-corrected chi connectivity index (χ0v) is 33.2. The van der Waals surface area contributed by atoms with Crippen molar-refractivity contribution in [2.45, 2.75) is 139 Å². The van der Waals surface area contributed by atoms with Crippen molar-refractivity contribution in [1.29, 1.82) is 0 Å². The topological polar surface area (TPSA) is 102 Å². The van der Waals surface area contributed by atoms with E-state index in [1.807, 2.05) is 72.8 Å². The molecule has 6 heterocycles. The highest BCUT2D eigenvalue weighted by molar-refractivity contribution is 5.18. The number of hydrogen-bond acceptors (Lipinski definition) is 11. The Morgan fingerprint density at radius 1 is 0.322 bits per heavy atom. The number of benzene rings is 4. The normalized spacial score (nSPS) is 35.1. The Bertz CT molecular complexity index is 1630. The van der Waals surface area contributed by atoms with Crippen molar-refractivity contribution in [2.24, 2.45) is 5.92 Å². The van der Waals surface area contributed by atoms with E-state index in [-0.39, 0.29) is 73.1 Å². The molecule has 12 unspecified atom stereocenters. The first-order valence-electron chi connectivity index (χ1n) is 21.4. The van der Waals surface area contributed by atoms with E-state index >= 15 is 0 Å². The predicted octanol–water partition coefficient (Wildman–Crippen LogP) is 7.24. The van der Waals surface area contributed by atoms with Crippen molar-refractivity contribution < 1.29 is 52.1 Å². The van der Waals surface area contributed by atoms with Crippen LogP contribution in [0.1, 0.15) is 54.4 Å². The third-order valence-corrected chi connectivity index (χ3v) is 12.6. The second-order valence-electron chi connectivity index (χ2n) is 16.4. The van der Waals surface area contributed by atoms with Crippen LogP contribution in [0, 0.1) is 5.92 Å². The van der Waals surface area contributed by atoms with Gasteiger partial charge in [-0.15, -0.1) is 0 Å². The molecule has 8 fully saturated rings. The van der Waals surface area contributed by atoms with Gasteiger partial charge >= 0.3 is 0 Å². The zero-order chi connectivity index (χ0) is 39.4. The van der Waals surface area contributed by atoms with Gasteiger partial charge in [-0.2, -0.15) is 0 Å². The van der Waals surface area contributed by atoms with E-state index in [4.69, 9.17) is 52.1 Å². The van der Waals surface area contributed by atoms with Crippen LogP contribution in [0.5, 0.6) is 0 Å². The predicted molar refractivity (Wildman–Crippen MR) is 213 cm³/mol. The van der Waals surface area contributed by atoms with Crippen LogP contribution in [0.3, 0.4) is 0 Å². The summed E-state index contributed by atoms with van der Waals surface area (Å²) in [5.41, 5.74) is 4.40. The van der Waals surface area contributed by atoms with Crippen LogP contribution in [0.2, 0.25) is 0 Å². The van der Waals surface area contributed by atoms with Gasteiger partial charge in [0.05, 0.1) is 38.6 Å². The van der Waals surface area contributed by atoms with Gasteiger partial charge < -0.3 is 52.1 Å². The Kier molecular flexibility index (Phi) is 12.5. The average Bonchev–Trinajstić information content (AvgIpc) is 3.28. The van der Waals surface area contributed by atoms with E-state index in [9.17, 15) is 0 Å². The van der Waals surface area contributed by atoms with Crippen molar-refractivity contribution in [2.75, 3.05) is 6.61 Å². The summed E-state index contributed by atoms with van der Waals surface area (Å²) in [5.74, 6) is 0.120. The molecule has 4 aromatic rings. The first kappa shape index (κ1) is 39.6. The molecule has 8 aliphatic rings. The lowest BCUT2D eigenvalue weighted by Gasteiger charge is -2.59. The fourth-order valence-electron chi connectivity index (χ4n) is 9.69. The summed E-state index contributed by atoms with van der Waals surface area (Å²) in [6, 6.07) is 40.8. The Balaban J connectivity index is 0.753. The molecule has 0 spiro atoms. The maximum atomic E-state index is 6.66. The van der Waals surface area contributed by atoms with Crippen LogP contribution in [0.4, 0.5) is 0 Å². The summed E-state index contributed by atoms with van der Waals surface area (Å²) in [4.78, 5) is 0. The molecule has 0 radical (unpaired) electrons. The highest BCUT2D eigenvalue weighted by atomic mass is 16.9. The van der Waals surface area contributed by atoms with Gasteiger partial charge in [0.1, 0.15) is 54.9 Å². The van der Waals surface area contributed by atoms with Crippen LogP contribution in [0.15, 0.2) is 121 Å². The lowest BCUT2D eigenvalue weighted by Crippen LogP contribution is -2.76. The first-order valence-corrected chi connectivity index (χ1v) is 21.4. The number of hydrogen-bond donors (Lipinski definition) is 0. The van der Waals surface area contributed by atoms with Crippen LogP contribution >= 0.6 is 0 Å². The minimum atomic E-state index is -0.751. The molecule has 6 aliphatic heterocycles. The van der Waals surface area contributed by atoms with Crippen LogP contribution in [-0.2, 0) is 78.5 Å². The smallest absolute Gasteiger partial charge is 0.272 e. The Morgan fingerprint density at radius 2 is 0.627 bits per heavy atom. The fourth-order valence-corrected chi connectivity index (χ4v) is 9.69. The molecule has 0 N–H and O–H groups in total. The van der Waals surface area contributed by atoms with Crippen molar-refractivity contribution in [3.8, 4) is 0 Å². The van der Waals surface area contributed by atoms with E-state index in [1.54, 1.807) is 0 Å². The highest BCUT2D eigenvalue weighted by Gasteiger charge is 2.64. The lowest BCUT2D eigenvalue weighted by atomic mass is 9.74. The molecular weight excluding hydrogens is 753 g/mol. The largest absolute Gasteiger partial charge is 0.373 e. The van der Waals surface area contributed by atoms with Gasteiger partial charge in [0.2, 0.25) is 0 Å². The van der Waals surface area contributed by atoms with Gasteiger partial charge in [-0.05, 0) is 35.1 Å². The van der Waals surface area contributed by atoms with Crippen LogP contribution in [-0.4, -0.2) is 86.7 Å². The average molecular weight is 807 g/mol. The summed E-state index contributed by atoms with van der Waals surface area (Å²) in [7, 11) is 0. The van der Waals surface area contributed by atoms with Crippen LogP contribution < -0.4 is 0 Å². The van der Waals surface area contributed by atoms with E-state index in [1.165, 1.54) is 0 Å². The molecular formula is C48H54O11. The van der Waals surface area contributed by atoms with E-state index in [0.29, 0.717) is 33.0 Å². The van der Waals surface area contributed by atoms with E-state index in [0.717, 1.165) is 54.4 Å². The highest BCUT2D eigenvalue weighted by Crippen LogP contribution is 2.48. The number of rotatable bonds is 20.